The largest absolute Gasteiger partial charge is 0.488 e. The summed E-state index contributed by atoms with van der Waals surface area (Å²) in [6.45, 7) is 18.0. The third-order valence-electron chi connectivity index (χ3n) is 6.41. The monoisotopic (exact) mass is 440 g/mol. The first kappa shape index (κ1) is 23.9. The van der Waals surface area contributed by atoms with E-state index in [1.807, 2.05) is 6.07 Å². The average molecular weight is 441 g/mol. The van der Waals surface area contributed by atoms with Crippen LogP contribution < -0.4 is 9.47 Å². The van der Waals surface area contributed by atoms with Gasteiger partial charge in [0.1, 0.15) is 23.7 Å². The Balaban J connectivity index is 1.68. The van der Waals surface area contributed by atoms with Gasteiger partial charge in [-0.1, -0.05) is 56.0 Å². The van der Waals surface area contributed by atoms with Crippen molar-refractivity contribution in [3.8, 4) is 11.5 Å². The Hall–Kier alpha value is -1.78. The normalized spacial score (nSPS) is 18.4. The van der Waals surface area contributed by atoms with E-state index in [0.717, 1.165) is 37.4 Å². The number of rotatable bonds is 9. The van der Waals surface area contributed by atoms with Crippen LogP contribution in [0.25, 0.3) is 0 Å². The molecule has 0 spiro atoms. The molecule has 0 N–H and O–H groups in total. The summed E-state index contributed by atoms with van der Waals surface area (Å²) in [5.41, 5.74) is 5.80. The molecule has 0 bridgehead atoms. The first-order valence-electron chi connectivity index (χ1n) is 11.7. The van der Waals surface area contributed by atoms with Crippen molar-refractivity contribution in [2.45, 2.75) is 84.9 Å². The molecule has 2 aromatic rings. The summed E-state index contributed by atoms with van der Waals surface area (Å²) >= 11 is 0. The Morgan fingerprint density at radius 1 is 1.00 bits per heavy atom. The molecule has 0 fully saturated rings. The van der Waals surface area contributed by atoms with Crippen LogP contribution in [0, 0.1) is 20.8 Å². The molecule has 3 nitrogen and oxygen atoms in total. The van der Waals surface area contributed by atoms with Crippen molar-refractivity contribution in [2.24, 2.45) is 0 Å². The molecule has 1 aliphatic heterocycles. The van der Waals surface area contributed by atoms with E-state index >= 15 is 0 Å². The molecule has 2 aromatic carbocycles. The van der Waals surface area contributed by atoms with E-state index in [0.29, 0.717) is 13.2 Å². The fourth-order valence-corrected chi connectivity index (χ4v) is 5.53. The van der Waals surface area contributed by atoms with Crippen molar-refractivity contribution in [1.82, 2.24) is 0 Å². The second-order valence-electron chi connectivity index (χ2n) is 10.6. The summed E-state index contributed by atoms with van der Waals surface area (Å²) in [4.78, 5) is 0. The van der Waals surface area contributed by atoms with Crippen LogP contribution in [0.3, 0.4) is 0 Å². The summed E-state index contributed by atoms with van der Waals surface area (Å²) in [5, 5.41) is 0. The molecule has 0 aromatic heterocycles. The van der Waals surface area contributed by atoms with Gasteiger partial charge in [0, 0.05) is 20.2 Å². The van der Waals surface area contributed by atoms with Crippen LogP contribution in [0.5, 0.6) is 11.5 Å². The first-order chi connectivity index (χ1) is 14.6. The fraction of sp³-hybridized carbons (Fsp3) is 0.556. The smallest absolute Gasteiger partial charge is 0.130 e. The van der Waals surface area contributed by atoms with Crippen LogP contribution >= 0.6 is 0 Å². The van der Waals surface area contributed by atoms with E-state index in [9.17, 15) is 0 Å². The lowest BCUT2D eigenvalue weighted by molar-refractivity contribution is -0.0281. The zero-order valence-electron chi connectivity index (χ0n) is 20.6. The van der Waals surface area contributed by atoms with E-state index in [4.69, 9.17) is 14.2 Å². The van der Waals surface area contributed by atoms with Crippen molar-refractivity contribution in [3.63, 3.8) is 0 Å². The Kier molecular flexibility index (Phi) is 7.54. The Morgan fingerprint density at radius 3 is 2.39 bits per heavy atom. The summed E-state index contributed by atoms with van der Waals surface area (Å²) in [7, 11) is -0.990. The molecule has 0 saturated carbocycles. The van der Waals surface area contributed by atoms with Gasteiger partial charge in [-0.3, -0.25) is 0 Å². The van der Waals surface area contributed by atoms with Crippen molar-refractivity contribution < 1.29 is 14.2 Å². The molecule has 1 aliphatic rings. The van der Waals surface area contributed by atoms with Crippen molar-refractivity contribution >= 4 is 8.07 Å². The molecule has 4 heteroatoms. The van der Waals surface area contributed by atoms with Gasteiger partial charge in [0.25, 0.3) is 0 Å². The Morgan fingerprint density at radius 2 is 1.71 bits per heavy atom. The van der Waals surface area contributed by atoms with Crippen LogP contribution in [0.2, 0.25) is 25.7 Å². The molecular weight excluding hydrogens is 400 g/mol. The number of benzene rings is 2. The maximum atomic E-state index is 6.61. The minimum absolute atomic E-state index is 0.262. The Labute approximate surface area is 190 Å². The fourth-order valence-electron chi connectivity index (χ4n) is 4.32. The predicted octanol–water partition coefficient (Wildman–Crippen LogP) is 7.02. The molecule has 1 unspecified atom stereocenters. The lowest BCUT2D eigenvalue weighted by atomic mass is 9.87. The minimum Gasteiger partial charge on any atom is -0.488 e. The zero-order chi connectivity index (χ0) is 22.6. The van der Waals surface area contributed by atoms with Crippen molar-refractivity contribution in [3.05, 3.63) is 58.1 Å². The van der Waals surface area contributed by atoms with Crippen LogP contribution in [0.15, 0.2) is 30.3 Å². The maximum Gasteiger partial charge on any atom is 0.130 e. The number of hydrogen-bond donors (Lipinski definition) is 0. The van der Waals surface area contributed by atoms with E-state index in [1.165, 1.54) is 33.9 Å². The van der Waals surface area contributed by atoms with Gasteiger partial charge < -0.3 is 14.2 Å². The van der Waals surface area contributed by atoms with E-state index in [2.05, 4.69) is 71.6 Å². The third kappa shape index (κ3) is 6.14. The molecule has 0 radical (unpaired) electrons. The van der Waals surface area contributed by atoms with Crippen molar-refractivity contribution in [1.29, 1.82) is 0 Å². The predicted molar refractivity (Wildman–Crippen MR) is 132 cm³/mol. The average Bonchev–Trinajstić information content (AvgIpc) is 2.71. The third-order valence-corrected chi connectivity index (χ3v) is 8.27. The first-order valence-corrected chi connectivity index (χ1v) is 15.4. The molecule has 31 heavy (non-hydrogen) atoms. The number of hydrogen-bond acceptors (Lipinski definition) is 3. The molecule has 0 saturated heterocycles. The number of fused-ring (bicyclic) bond motifs is 1. The highest BCUT2D eigenvalue weighted by molar-refractivity contribution is 6.76. The summed E-state index contributed by atoms with van der Waals surface area (Å²) in [6.07, 6.45) is 3.12. The summed E-state index contributed by atoms with van der Waals surface area (Å²) < 4.78 is 19.0. The van der Waals surface area contributed by atoms with E-state index < -0.39 is 8.07 Å². The van der Waals surface area contributed by atoms with Gasteiger partial charge in [0.15, 0.2) is 0 Å². The van der Waals surface area contributed by atoms with Gasteiger partial charge in [-0.25, -0.2) is 0 Å². The van der Waals surface area contributed by atoms with Crippen LogP contribution in [-0.4, -0.2) is 26.9 Å². The van der Waals surface area contributed by atoms with Crippen molar-refractivity contribution in [2.75, 3.05) is 13.2 Å². The number of ether oxygens (including phenoxy) is 3. The lowest BCUT2D eigenvalue weighted by Gasteiger charge is -2.38. The van der Waals surface area contributed by atoms with Crippen LogP contribution in [-0.2, 0) is 17.8 Å². The second-order valence-corrected chi connectivity index (χ2v) is 16.2. The zero-order valence-corrected chi connectivity index (χ0v) is 21.6. The van der Waals surface area contributed by atoms with Gasteiger partial charge >= 0.3 is 0 Å². The standard InChI is InChI=1S/C27H40O3Si/c1-20-21(2)26-24(22(3)25(20)29-18-23-12-9-8-10-13-23)14-15-27(4,30-26)19-28-16-11-17-31(5,6)7/h8-10,12-13H,11,14-19H2,1-7H3. The summed E-state index contributed by atoms with van der Waals surface area (Å²) in [5.74, 6) is 2.05. The molecule has 1 heterocycles. The summed E-state index contributed by atoms with van der Waals surface area (Å²) in [6, 6.07) is 11.7. The SMILES string of the molecule is Cc1c(C)c2c(c(C)c1OCc1ccccc1)CCC(C)(COCCC[Si](C)(C)C)O2. The molecule has 3 rings (SSSR count). The highest BCUT2D eigenvalue weighted by Crippen LogP contribution is 2.44. The topological polar surface area (TPSA) is 27.7 Å². The Bertz CT molecular complexity index is 886. The van der Waals surface area contributed by atoms with Gasteiger partial charge in [-0.05, 0) is 69.2 Å². The van der Waals surface area contributed by atoms with Gasteiger partial charge in [-0.15, -0.1) is 0 Å². The van der Waals surface area contributed by atoms with Crippen LogP contribution in [0.1, 0.15) is 47.6 Å². The van der Waals surface area contributed by atoms with E-state index in [-0.39, 0.29) is 5.60 Å². The van der Waals surface area contributed by atoms with Crippen LogP contribution in [0.4, 0.5) is 0 Å². The highest BCUT2D eigenvalue weighted by atomic mass is 28.3. The van der Waals surface area contributed by atoms with Gasteiger partial charge in [0.05, 0.1) is 6.61 Å². The quantitative estimate of drug-likeness (QED) is 0.310. The molecule has 0 aliphatic carbocycles. The van der Waals surface area contributed by atoms with E-state index in [1.54, 1.807) is 0 Å². The highest BCUT2D eigenvalue weighted by Gasteiger charge is 2.35. The molecule has 170 valence electrons. The molecule has 0 amide bonds. The molecule has 1 atom stereocenters. The second kappa shape index (κ2) is 9.79. The van der Waals surface area contributed by atoms with Gasteiger partial charge in [0.2, 0.25) is 0 Å². The minimum atomic E-state index is -0.990. The van der Waals surface area contributed by atoms with Gasteiger partial charge in [-0.2, -0.15) is 0 Å². The lowest BCUT2D eigenvalue weighted by Crippen LogP contribution is -2.41. The molecular formula is C27H40O3Si. The maximum absolute atomic E-state index is 6.61.